The van der Waals surface area contributed by atoms with Gasteiger partial charge in [-0.1, -0.05) is 18.2 Å². The third-order valence-corrected chi connectivity index (χ3v) is 2.89. The molecule has 0 radical (unpaired) electrons. The molecule has 0 bridgehead atoms. The number of rotatable bonds is 4. The Bertz CT molecular complexity index is 531. The molecule has 1 heterocycles. The van der Waals surface area contributed by atoms with Crippen LogP contribution in [0.4, 0.5) is 0 Å². The van der Waals surface area contributed by atoms with E-state index in [1.807, 2.05) is 41.8 Å². The van der Waals surface area contributed by atoms with Crippen molar-refractivity contribution in [2.45, 2.75) is 0 Å². The second-order valence-corrected chi connectivity index (χ2v) is 4.25. The average molecular weight is 245 g/mol. The molecule has 2 aromatic rings. The van der Waals surface area contributed by atoms with Crippen LogP contribution in [-0.2, 0) is 4.79 Å². The normalized spacial score (nSPS) is 10.6. The number of thiophene rings is 1. The fourth-order valence-electron chi connectivity index (χ4n) is 1.29. The zero-order chi connectivity index (χ0) is 12.1. The topological polar surface area (TPSA) is 52.3 Å². The lowest BCUT2D eigenvalue weighted by Gasteiger charge is -2.03. The number of para-hydroxylation sites is 1. The van der Waals surface area contributed by atoms with Gasteiger partial charge in [-0.05, 0) is 29.7 Å². The van der Waals surface area contributed by atoms with Gasteiger partial charge in [0.2, 0.25) is 5.91 Å². The fraction of sp³-hybridized carbons (Fsp3) is 0. The molecule has 17 heavy (non-hydrogen) atoms. The van der Waals surface area contributed by atoms with Crippen molar-refractivity contribution in [2.75, 3.05) is 0 Å². The Morgan fingerprint density at radius 3 is 2.71 bits per heavy atom. The number of carbonyl (C=O) groups excluding carboxylic acids is 1. The third-order valence-electron chi connectivity index (χ3n) is 2.03. The highest BCUT2D eigenvalue weighted by molar-refractivity contribution is 7.11. The van der Waals surface area contributed by atoms with Gasteiger partial charge in [0, 0.05) is 6.08 Å². The largest absolute Gasteiger partial charge is 0.456 e. The molecule has 0 saturated carbocycles. The highest BCUT2D eigenvalue weighted by Gasteiger charge is 2.03. The molecule has 0 spiro atoms. The first-order valence-electron chi connectivity index (χ1n) is 5.03. The molecule has 1 amide bonds. The van der Waals surface area contributed by atoms with Crippen LogP contribution < -0.4 is 10.5 Å². The van der Waals surface area contributed by atoms with Gasteiger partial charge in [-0.3, -0.25) is 4.79 Å². The van der Waals surface area contributed by atoms with Gasteiger partial charge >= 0.3 is 0 Å². The summed E-state index contributed by atoms with van der Waals surface area (Å²) in [6.45, 7) is 0. The minimum Gasteiger partial charge on any atom is -0.456 e. The molecule has 3 nitrogen and oxygen atoms in total. The van der Waals surface area contributed by atoms with E-state index in [-0.39, 0.29) is 0 Å². The van der Waals surface area contributed by atoms with E-state index in [2.05, 4.69) is 0 Å². The van der Waals surface area contributed by atoms with E-state index in [1.54, 1.807) is 6.08 Å². The minimum absolute atomic E-state index is 0.468. The van der Waals surface area contributed by atoms with Gasteiger partial charge in [0.25, 0.3) is 0 Å². The van der Waals surface area contributed by atoms with E-state index in [0.29, 0.717) is 0 Å². The maximum atomic E-state index is 10.7. The maximum Gasteiger partial charge on any atom is 0.241 e. The van der Waals surface area contributed by atoms with Crippen molar-refractivity contribution >= 4 is 23.3 Å². The predicted molar refractivity (Wildman–Crippen MR) is 69.1 cm³/mol. The van der Waals surface area contributed by atoms with Gasteiger partial charge in [0.05, 0.1) is 4.88 Å². The monoisotopic (exact) mass is 245 g/mol. The smallest absolute Gasteiger partial charge is 0.241 e. The Balaban J connectivity index is 2.17. The summed E-state index contributed by atoms with van der Waals surface area (Å²) < 4.78 is 5.69. The van der Waals surface area contributed by atoms with Crippen LogP contribution in [0, 0.1) is 0 Å². The Morgan fingerprint density at radius 2 is 2.00 bits per heavy atom. The summed E-state index contributed by atoms with van der Waals surface area (Å²) in [6, 6.07) is 11.3. The molecule has 0 aliphatic rings. The third kappa shape index (κ3) is 3.19. The minimum atomic E-state index is -0.468. The molecule has 2 rings (SSSR count). The van der Waals surface area contributed by atoms with Crippen LogP contribution in [0.25, 0.3) is 6.08 Å². The van der Waals surface area contributed by atoms with Crippen molar-refractivity contribution in [1.29, 1.82) is 0 Å². The average Bonchev–Trinajstić information content (AvgIpc) is 2.75. The van der Waals surface area contributed by atoms with Crippen molar-refractivity contribution in [3.05, 3.63) is 52.7 Å². The van der Waals surface area contributed by atoms with Crippen LogP contribution in [-0.4, -0.2) is 5.91 Å². The lowest BCUT2D eigenvalue weighted by atomic mass is 10.3. The van der Waals surface area contributed by atoms with E-state index >= 15 is 0 Å². The molecule has 0 aliphatic heterocycles. The molecule has 0 fully saturated rings. The lowest BCUT2D eigenvalue weighted by Crippen LogP contribution is -2.04. The first-order valence-corrected chi connectivity index (χ1v) is 5.91. The summed E-state index contributed by atoms with van der Waals surface area (Å²) in [5, 5.41) is 1.90. The first-order chi connectivity index (χ1) is 8.25. The maximum absolute atomic E-state index is 10.7. The van der Waals surface area contributed by atoms with Crippen LogP contribution in [0.1, 0.15) is 4.88 Å². The first kappa shape index (κ1) is 11.4. The van der Waals surface area contributed by atoms with Crippen molar-refractivity contribution in [3.63, 3.8) is 0 Å². The summed E-state index contributed by atoms with van der Waals surface area (Å²) in [6.07, 6.45) is 2.98. The van der Waals surface area contributed by atoms with Gasteiger partial charge in [-0.25, -0.2) is 0 Å². The number of carbonyl (C=O) groups is 1. The molecular formula is C13H11NO2S. The molecule has 0 aliphatic carbocycles. The van der Waals surface area contributed by atoms with Crippen molar-refractivity contribution in [2.24, 2.45) is 5.73 Å². The number of amides is 1. The summed E-state index contributed by atoms with van der Waals surface area (Å²) in [7, 11) is 0. The molecule has 0 unspecified atom stereocenters. The molecule has 1 aromatic carbocycles. The Labute approximate surface area is 103 Å². The zero-order valence-electron chi connectivity index (χ0n) is 9.00. The quantitative estimate of drug-likeness (QED) is 0.842. The zero-order valence-corrected chi connectivity index (χ0v) is 9.81. The summed E-state index contributed by atoms with van der Waals surface area (Å²) >= 11 is 1.49. The van der Waals surface area contributed by atoms with Crippen LogP contribution in [0.5, 0.6) is 11.5 Å². The fourth-order valence-corrected chi connectivity index (χ4v) is 2.00. The number of ether oxygens (including phenoxy) is 1. The second-order valence-electron chi connectivity index (χ2n) is 3.30. The SMILES string of the molecule is NC(=O)/C=C/c1sccc1Oc1ccccc1. The van der Waals surface area contributed by atoms with Crippen molar-refractivity contribution in [1.82, 2.24) is 0 Å². The summed E-state index contributed by atoms with van der Waals surface area (Å²) in [5.74, 6) is 1.02. The molecule has 4 heteroatoms. The van der Waals surface area contributed by atoms with Gasteiger partial charge in [-0.15, -0.1) is 11.3 Å². The molecule has 1 aromatic heterocycles. The van der Waals surface area contributed by atoms with Crippen LogP contribution in [0.2, 0.25) is 0 Å². The molecule has 0 saturated heterocycles. The summed E-state index contributed by atoms with van der Waals surface area (Å²) in [4.78, 5) is 11.5. The van der Waals surface area contributed by atoms with Crippen LogP contribution >= 0.6 is 11.3 Å². The van der Waals surface area contributed by atoms with Crippen LogP contribution in [0.15, 0.2) is 47.9 Å². The number of hydrogen-bond donors (Lipinski definition) is 1. The molecule has 0 atom stereocenters. The Kier molecular flexibility index (Phi) is 3.57. The van der Waals surface area contributed by atoms with Gasteiger partial charge in [-0.2, -0.15) is 0 Å². The van der Waals surface area contributed by atoms with E-state index < -0.39 is 5.91 Å². The lowest BCUT2D eigenvalue weighted by molar-refractivity contribution is -0.113. The molecule has 2 N–H and O–H groups in total. The standard InChI is InChI=1S/C13H11NO2S/c14-13(15)7-6-12-11(8-9-17-12)16-10-4-2-1-3-5-10/h1-9H,(H2,14,15)/b7-6+. The number of hydrogen-bond acceptors (Lipinski definition) is 3. The predicted octanol–water partition coefficient (Wildman–Crippen LogP) is 3.04. The highest BCUT2D eigenvalue weighted by atomic mass is 32.1. The second kappa shape index (κ2) is 5.32. The van der Waals surface area contributed by atoms with E-state index in [1.165, 1.54) is 17.4 Å². The highest BCUT2D eigenvalue weighted by Crippen LogP contribution is 2.30. The van der Waals surface area contributed by atoms with Crippen LogP contribution in [0.3, 0.4) is 0 Å². The van der Waals surface area contributed by atoms with E-state index in [9.17, 15) is 4.79 Å². The Morgan fingerprint density at radius 1 is 1.24 bits per heavy atom. The van der Waals surface area contributed by atoms with Crippen molar-refractivity contribution < 1.29 is 9.53 Å². The number of primary amides is 1. The van der Waals surface area contributed by atoms with Crippen molar-refractivity contribution in [3.8, 4) is 11.5 Å². The summed E-state index contributed by atoms with van der Waals surface area (Å²) in [5.41, 5.74) is 5.05. The molecular weight excluding hydrogens is 234 g/mol. The number of nitrogens with two attached hydrogens (primary N) is 1. The van der Waals surface area contributed by atoms with Gasteiger partial charge < -0.3 is 10.5 Å². The van der Waals surface area contributed by atoms with E-state index in [0.717, 1.165) is 16.4 Å². The molecule has 86 valence electrons. The Hall–Kier alpha value is -2.07. The van der Waals surface area contributed by atoms with Gasteiger partial charge in [0.15, 0.2) is 0 Å². The number of benzene rings is 1. The van der Waals surface area contributed by atoms with Gasteiger partial charge in [0.1, 0.15) is 11.5 Å². The van der Waals surface area contributed by atoms with E-state index in [4.69, 9.17) is 10.5 Å².